The normalized spacial score (nSPS) is 17.4. The van der Waals surface area contributed by atoms with Crippen molar-refractivity contribution in [2.75, 3.05) is 18.2 Å². The van der Waals surface area contributed by atoms with Gasteiger partial charge in [-0.15, -0.1) is 0 Å². The van der Waals surface area contributed by atoms with Crippen LogP contribution in [0.4, 0.5) is 25.8 Å². The van der Waals surface area contributed by atoms with E-state index in [4.69, 9.17) is 4.74 Å². The smallest absolute Gasteiger partial charge is 0.277 e. The SMILES string of the molecule is Cc1ncc(Cc2cc(Nc3ccc([C@H]4CCCCO4)cc3S(C)(=O)=O)c3c(n2)CC(C(F)F)=N3)nc1C. The molecule has 4 heterocycles. The summed E-state index contributed by atoms with van der Waals surface area (Å²) in [6.07, 6.45) is 3.01. The van der Waals surface area contributed by atoms with Crippen LogP contribution in [0.3, 0.4) is 0 Å². The number of pyridine rings is 1. The van der Waals surface area contributed by atoms with E-state index in [9.17, 15) is 17.2 Å². The van der Waals surface area contributed by atoms with Crippen molar-refractivity contribution in [3.8, 4) is 0 Å². The van der Waals surface area contributed by atoms with E-state index >= 15 is 0 Å². The van der Waals surface area contributed by atoms with Crippen molar-refractivity contribution in [3.63, 3.8) is 0 Å². The van der Waals surface area contributed by atoms with Crippen molar-refractivity contribution >= 4 is 32.6 Å². The van der Waals surface area contributed by atoms with Gasteiger partial charge in [0.15, 0.2) is 9.84 Å². The first-order valence-corrected chi connectivity index (χ1v) is 14.4. The van der Waals surface area contributed by atoms with Crippen LogP contribution in [0.15, 0.2) is 40.4 Å². The van der Waals surface area contributed by atoms with E-state index in [1.54, 1.807) is 24.4 Å². The molecule has 38 heavy (non-hydrogen) atoms. The minimum atomic E-state index is -3.63. The molecule has 8 nitrogen and oxygen atoms in total. The molecule has 1 fully saturated rings. The van der Waals surface area contributed by atoms with Crippen molar-refractivity contribution in [3.05, 3.63) is 64.5 Å². The Labute approximate surface area is 220 Å². The van der Waals surface area contributed by atoms with E-state index < -0.39 is 16.3 Å². The number of hydrogen-bond acceptors (Lipinski definition) is 8. The van der Waals surface area contributed by atoms with Crippen molar-refractivity contribution in [2.24, 2.45) is 4.99 Å². The molecule has 0 saturated carbocycles. The summed E-state index contributed by atoms with van der Waals surface area (Å²) < 4.78 is 58.5. The number of sulfone groups is 1. The Kier molecular flexibility index (Phi) is 7.23. The van der Waals surface area contributed by atoms with Gasteiger partial charge in [0.05, 0.1) is 50.9 Å². The number of rotatable bonds is 7. The van der Waals surface area contributed by atoms with E-state index in [0.29, 0.717) is 41.5 Å². The number of aromatic nitrogens is 3. The van der Waals surface area contributed by atoms with Gasteiger partial charge in [-0.05, 0) is 56.9 Å². The second-order valence-corrected chi connectivity index (χ2v) is 11.7. The predicted octanol–water partition coefficient (Wildman–Crippen LogP) is 5.36. The summed E-state index contributed by atoms with van der Waals surface area (Å²) in [5.74, 6) is 0. The lowest BCUT2D eigenvalue weighted by Crippen LogP contribution is -2.13. The maximum Gasteiger partial charge on any atom is 0.277 e. The van der Waals surface area contributed by atoms with Crippen LogP contribution in [0.2, 0.25) is 0 Å². The van der Waals surface area contributed by atoms with Gasteiger partial charge < -0.3 is 10.1 Å². The average Bonchev–Trinajstić information content (AvgIpc) is 3.31. The zero-order valence-corrected chi connectivity index (χ0v) is 22.3. The number of benzene rings is 1. The molecule has 0 unspecified atom stereocenters. The van der Waals surface area contributed by atoms with Crippen LogP contribution in [0.25, 0.3) is 0 Å². The molecular formula is C27H29F2N5O3S. The number of hydrogen-bond donors (Lipinski definition) is 1. The molecule has 1 saturated heterocycles. The third kappa shape index (κ3) is 5.58. The van der Waals surface area contributed by atoms with Gasteiger partial charge in [-0.1, -0.05) is 6.07 Å². The fourth-order valence-corrected chi connectivity index (χ4v) is 5.59. The number of halogens is 2. The molecule has 200 valence electrons. The quantitative estimate of drug-likeness (QED) is 0.429. The van der Waals surface area contributed by atoms with Crippen molar-refractivity contribution in [1.29, 1.82) is 0 Å². The van der Waals surface area contributed by atoms with E-state index in [-0.39, 0.29) is 28.8 Å². The molecule has 2 aliphatic heterocycles. The molecule has 0 bridgehead atoms. The first-order valence-electron chi connectivity index (χ1n) is 12.5. The molecule has 1 N–H and O–H groups in total. The zero-order chi connectivity index (χ0) is 27.0. The van der Waals surface area contributed by atoms with Gasteiger partial charge in [0.25, 0.3) is 6.43 Å². The van der Waals surface area contributed by atoms with Crippen LogP contribution in [0.5, 0.6) is 0 Å². The van der Waals surface area contributed by atoms with E-state index in [0.717, 1.165) is 42.5 Å². The number of anilines is 2. The highest BCUT2D eigenvalue weighted by Gasteiger charge is 2.27. The van der Waals surface area contributed by atoms with Crippen LogP contribution >= 0.6 is 0 Å². The molecule has 0 radical (unpaired) electrons. The Morgan fingerprint density at radius 2 is 1.89 bits per heavy atom. The van der Waals surface area contributed by atoms with Gasteiger partial charge in [-0.25, -0.2) is 22.2 Å². The van der Waals surface area contributed by atoms with Gasteiger partial charge in [-0.3, -0.25) is 15.0 Å². The number of alkyl halides is 2. The lowest BCUT2D eigenvalue weighted by atomic mass is 10.0. The lowest BCUT2D eigenvalue weighted by molar-refractivity contribution is 0.0148. The molecule has 2 aromatic heterocycles. The maximum absolute atomic E-state index is 13.5. The minimum Gasteiger partial charge on any atom is -0.374 e. The summed E-state index contributed by atoms with van der Waals surface area (Å²) in [6, 6.07) is 6.87. The van der Waals surface area contributed by atoms with Gasteiger partial charge in [-0.2, -0.15) is 0 Å². The standard InChI is InChI=1S/C27H29F2N5O3S/c1-15-16(2)31-19(14-30-15)11-18-12-21(26-22(32-18)13-23(34-26)27(28)29)33-20-8-7-17(10-25(20)38(3,35)36)24-6-4-5-9-37-24/h7-8,10,12,14,24,27H,4-6,9,11,13H2,1-3H3,(H,32,33)/t24-/m1/s1. The predicted molar refractivity (Wildman–Crippen MR) is 141 cm³/mol. The van der Waals surface area contributed by atoms with Crippen LogP contribution < -0.4 is 5.32 Å². The molecule has 0 spiro atoms. The lowest BCUT2D eigenvalue weighted by Gasteiger charge is -2.24. The van der Waals surface area contributed by atoms with Crippen LogP contribution in [-0.2, 0) is 27.4 Å². The van der Waals surface area contributed by atoms with Gasteiger partial charge in [0.1, 0.15) is 5.69 Å². The highest BCUT2D eigenvalue weighted by Crippen LogP contribution is 2.39. The Hall–Kier alpha value is -3.31. The largest absolute Gasteiger partial charge is 0.374 e. The summed E-state index contributed by atoms with van der Waals surface area (Å²) in [5, 5.41) is 3.17. The summed E-state index contributed by atoms with van der Waals surface area (Å²) in [6.45, 7) is 4.38. The molecule has 0 aliphatic carbocycles. The fraction of sp³-hybridized carbons (Fsp3) is 0.407. The summed E-state index contributed by atoms with van der Waals surface area (Å²) in [5.41, 5.74) is 4.85. The maximum atomic E-state index is 13.5. The number of nitrogens with one attached hydrogen (secondary N) is 1. The zero-order valence-electron chi connectivity index (χ0n) is 21.5. The highest BCUT2D eigenvalue weighted by molar-refractivity contribution is 7.90. The van der Waals surface area contributed by atoms with E-state index in [2.05, 4.69) is 25.3 Å². The molecular weight excluding hydrogens is 512 g/mol. The number of ether oxygens (including phenoxy) is 1. The first-order chi connectivity index (χ1) is 18.1. The Bertz CT molecular complexity index is 1520. The molecule has 0 amide bonds. The third-order valence-electron chi connectivity index (χ3n) is 6.80. The molecule has 1 aromatic carbocycles. The number of nitrogens with zero attached hydrogens (tertiary/aromatic N) is 4. The minimum absolute atomic E-state index is 0.0784. The summed E-state index contributed by atoms with van der Waals surface area (Å²) in [4.78, 5) is 17.8. The van der Waals surface area contributed by atoms with Gasteiger partial charge >= 0.3 is 0 Å². The van der Waals surface area contributed by atoms with Gasteiger partial charge in [0.2, 0.25) is 0 Å². The summed E-state index contributed by atoms with van der Waals surface area (Å²) >= 11 is 0. The molecule has 3 aromatic rings. The number of aryl methyl sites for hydroxylation is 2. The highest BCUT2D eigenvalue weighted by atomic mass is 32.2. The third-order valence-corrected chi connectivity index (χ3v) is 7.94. The Balaban J connectivity index is 1.54. The molecule has 5 rings (SSSR count). The Morgan fingerprint density at radius 3 is 2.58 bits per heavy atom. The van der Waals surface area contributed by atoms with Crippen molar-refractivity contribution < 1.29 is 21.9 Å². The number of fused-ring (bicyclic) bond motifs is 1. The fourth-order valence-electron chi connectivity index (χ4n) is 4.72. The van der Waals surface area contributed by atoms with Crippen molar-refractivity contribution in [1.82, 2.24) is 15.0 Å². The summed E-state index contributed by atoms with van der Waals surface area (Å²) in [7, 11) is -3.63. The Morgan fingerprint density at radius 1 is 1.08 bits per heavy atom. The van der Waals surface area contributed by atoms with Crippen molar-refractivity contribution in [2.45, 2.75) is 63.4 Å². The van der Waals surface area contributed by atoms with E-state index in [1.807, 2.05) is 19.9 Å². The second-order valence-electron chi connectivity index (χ2n) is 9.75. The average molecular weight is 542 g/mol. The van der Waals surface area contributed by atoms with E-state index in [1.165, 1.54) is 0 Å². The van der Waals surface area contributed by atoms with Crippen LogP contribution in [0, 0.1) is 13.8 Å². The van der Waals surface area contributed by atoms with Gasteiger partial charge in [0, 0.05) is 37.6 Å². The number of aliphatic imine (C=N–C) groups is 1. The molecule has 11 heteroatoms. The van der Waals surface area contributed by atoms with Crippen LogP contribution in [0.1, 0.15) is 59.4 Å². The van der Waals surface area contributed by atoms with Crippen LogP contribution in [-0.4, -0.2) is 48.4 Å². The topological polar surface area (TPSA) is 106 Å². The second kappa shape index (κ2) is 10.5. The first kappa shape index (κ1) is 26.3. The monoisotopic (exact) mass is 541 g/mol. The molecule has 2 aliphatic rings. The molecule has 1 atom stereocenters.